The molecular formula is C17H24FN. The molecule has 2 saturated carbocycles. The van der Waals surface area contributed by atoms with Crippen LogP contribution in [0, 0.1) is 11.7 Å². The van der Waals surface area contributed by atoms with Crippen LogP contribution < -0.4 is 5.32 Å². The molecule has 2 fully saturated rings. The molecule has 2 aliphatic rings. The highest BCUT2D eigenvalue weighted by Gasteiger charge is 2.33. The van der Waals surface area contributed by atoms with Gasteiger partial charge in [0.05, 0.1) is 0 Å². The maximum Gasteiger partial charge on any atom is 0.123 e. The molecule has 2 atom stereocenters. The number of hydrogen-bond donors (Lipinski definition) is 1. The number of hydrogen-bond acceptors (Lipinski definition) is 1. The minimum Gasteiger partial charge on any atom is -0.311 e. The van der Waals surface area contributed by atoms with Crippen molar-refractivity contribution in [3.8, 4) is 0 Å². The zero-order valence-electron chi connectivity index (χ0n) is 11.7. The first-order valence-corrected chi connectivity index (χ1v) is 7.74. The van der Waals surface area contributed by atoms with Gasteiger partial charge in [-0.1, -0.05) is 31.9 Å². The van der Waals surface area contributed by atoms with Crippen LogP contribution in [-0.4, -0.2) is 12.1 Å². The number of nitrogens with one attached hydrogen (secondary N) is 1. The molecule has 2 unspecified atom stereocenters. The fraction of sp³-hybridized carbons (Fsp3) is 0.647. The summed E-state index contributed by atoms with van der Waals surface area (Å²) in [4.78, 5) is 0. The summed E-state index contributed by atoms with van der Waals surface area (Å²) >= 11 is 0. The van der Waals surface area contributed by atoms with Crippen LogP contribution in [-0.2, 0) is 0 Å². The van der Waals surface area contributed by atoms with Gasteiger partial charge in [-0.3, -0.25) is 0 Å². The molecule has 0 aromatic heterocycles. The second-order valence-electron chi connectivity index (χ2n) is 6.46. The summed E-state index contributed by atoms with van der Waals surface area (Å²) in [6.07, 6.45) is 7.83. The molecule has 0 spiro atoms. The maximum atomic E-state index is 13.2. The van der Waals surface area contributed by atoms with Crippen molar-refractivity contribution in [3.05, 3.63) is 35.6 Å². The molecule has 3 rings (SSSR count). The summed E-state index contributed by atoms with van der Waals surface area (Å²) in [5.74, 6) is 1.28. The Balaban J connectivity index is 1.50. The first-order chi connectivity index (χ1) is 9.22. The van der Waals surface area contributed by atoms with E-state index >= 15 is 0 Å². The highest BCUT2D eigenvalue weighted by Crippen LogP contribution is 2.38. The second-order valence-corrected chi connectivity index (χ2v) is 6.46. The van der Waals surface area contributed by atoms with E-state index in [2.05, 4.69) is 18.3 Å². The first-order valence-electron chi connectivity index (χ1n) is 7.74. The zero-order valence-corrected chi connectivity index (χ0v) is 11.7. The van der Waals surface area contributed by atoms with Gasteiger partial charge in [0.25, 0.3) is 0 Å². The lowest BCUT2D eigenvalue weighted by atomic mass is 9.74. The maximum absolute atomic E-state index is 13.2. The Morgan fingerprint density at radius 2 is 1.95 bits per heavy atom. The van der Waals surface area contributed by atoms with E-state index in [0.717, 1.165) is 5.92 Å². The SMILES string of the molecule is CC1CCCCC1NC1CC(c2cccc(F)c2)C1. The van der Waals surface area contributed by atoms with Gasteiger partial charge in [0, 0.05) is 12.1 Å². The molecule has 19 heavy (non-hydrogen) atoms. The van der Waals surface area contributed by atoms with Crippen LogP contribution in [0.2, 0.25) is 0 Å². The Bertz CT molecular complexity index is 425. The van der Waals surface area contributed by atoms with Crippen LogP contribution in [0.25, 0.3) is 0 Å². The minimum absolute atomic E-state index is 0.102. The molecule has 104 valence electrons. The Morgan fingerprint density at radius 1 is 1.16 bits per heavy atom. The highest BCUT2D eigenvalue weighted by molar-refractivity contribution is 5.23. The summed E-state index contributed by atoms with van der Waals surface area (Å²) in [5.41, 5.74) is 1.18. The Morgan fingerprint density at radius 3 is 2.68 bits per heavy atom. The molecule has 0 amide bonds. The van der Waals surface area contributed by atoms with Crippen molar-refractivity contribution in [2.24, 2.45) is 5.92 Å². The van der Waals surface area contributed by atoms with Gasteiger partial charge in [-0.05, 0) is 55.2 Å². The fourth-order valence-electron chi connectivity index (χ4n) is 3.65. The monoisotopic (exact) mass is 261 g/mol. The minimum atomic E-state index is -0.102. The topological polar surface area (TPSA) is 12.0 Å². The third-order valence-electron chi connectivity index (χ3n) is 5.02. The average Bonchev–Trinajstić information content (AvgIpc) is 2.35. The summed E-state index contributed by atoms with van der Waals surface area (Å²) in [7, 11) is 0. The van der Waals surface area contributed by atoms with Crippen molar-refractivity contribution in [2.75, 3.05) is 0 Å². The molecule has 0 radical (unpaired) electrons. The van der Waals surface area contributed by atoms with Gasteiger partial charge in [-0.15, -0.1) is 0 Å². The van der Waals surface area contributed by atoms with Crippen molar-refractivity contribution in [1.29, 1.82) is 0 Å². The number of rotatable bonds is 3. The molecular weight excluding hydrogens is 237 g/mol. The quantitative estimate of drug-likeness (QED) is 0.858. The van der Waals surface area contributed by atoms with Gasteiger partial charge < -0.3 is 5.32 Å². The van der Waals surface area contributed by atoms with Gasteiger partial charge in [0.1, 0.15) is 5.82 Å². The van der Waals surface area contributed by atoms with E-state index in [1.165, 1.54) is 50.2 Å². The Hall–Kier alpha value is -0.890. The van der Waals surface area contributed by atoms with E-state index < -0.39 is 0 Å². The molecule has 1 aromatic rings. The Labute approximate surface area is 115 Å². The molecule has 1 aromatic carbocycles. The Kier molecular flexibility index (Phi) is 3.88. The molecule has 1 nitrogen and oxygen atoms in total. The van der Waals surface area contributed by atoms with Crippen LogP contribution in [0.1, 0.15) is 56.9 Å². The summed E-state index contributed by atoms with van der Waals surface area (Å²) in [5, 5.41) is 3.83. The molecule has 0 aliphatic heterocycles. The lowest BCUT2D eigenvalue weighted by Gasteiger charge is -2.41. The van der Waals surface area contributed by atoms with Gasteiger partial charge in [0.15, 0.2) is 0 Å². The smallest absolute Gasteiger partial charge is 0.123 e. The molecule has 1 N–H and O–H groups in total. The molecule has 0 bridgehead atoms. The van der Waals surface area contributed by atoms with Crippen molar-refractivity contribution < 1.29 is 4.39 Å². The van der Waals surface area contributed by atoms with E-state index in [1.807, 2.05) is 6.07 Å². The summed E-state index contributed by atoms with van der Waals surface area (Å²) < 4.78 is 13.2. The summed E-state index contributed by atoms with van der Waals surface area (Å²) in [6.45, 7) is 2.37. The third-order valence-corrected chi connectivity index (χ3v) is 5.02. The largest absolute Gasteiger partial charge is 0.311 e. The van der Waals surface area contributed by atoms with Gasteiger partial charge >= 0.3 is 0 Å². The zero-order chi connectivity index (χ0) is 13.2. The van der Waals surface area contributed by atoms with E-state index in [1.54, 1.807) is 6.07 Å². The lowest BCUT2D eigenvalue weighted by Crippen LogP contribution is -2.48. The van der Waals surface area contributed by atoms with Crippen LogP contribution in [0.3, 0.4) is 0 Å². The van der Waals surface area contributed by atoms with Crippen molar-refractivity contribution in [2.45, 2.75) is 63.5 Å². The van der Waals surface area contributed by atoms with E-state index in [-0.39, 0.29) is 5.82 Å². The standard InChI is InChI=1S/C17H24FN/c1-12-5-2-3-8-17(12)19-16-10-14(11-16)13-6-4-7-15(18)9-13/h4,6-7,9,12,14,16-17,19H,2-3,5,8,10-11H2,1H3. The van der Waals surface area contributed by atoms with Crippen LogP contribution in [0.4, 0.5) is 4.39 Å². The molecule has 2 heteroatoms. The predicted molar refractivity (Wildman–Crippen MR) is 76.7 cm³/mol. The van der Waals surface area contributed by atoms with Crippen molar-refractivity contribution in [3.63, 3.8) is 0 Å². The van der Waals surface area contributed by atoms with Gasteiger partial charge in [-0.25, -0.2) is 4.39 Å². The molecule has 2 aliphatic carbocycles. The van der Waals surface area contributed by atoms with Crippen LogP contribution in [0.5, 0.6) is 0 Å². The van der Waals surface area contributed by atoms with E-state index in [9.17, 15) is 4.39 Å². The number of benzene rings is 1. The first kappa shape index (κ1) is 13.1. The van der Waals surface area contributed by atoms with Crippen molar-refractivity contribution >= 4 is 0 Å². The fourth-order valence-corrected chi connectivity index (χ4v) is 3.65. The summed E-state index contributed by atoms with van der Waals surface area (Å²) in [6, 6.07) is 8.49. The van der Waals surface area contributed by atoms with Crippen LogP contribution in [0.15, 0.2) is 24.3 Å². The average molecular weight is 261 g/mol. The second kappa shape index (κ2) is 5.62. The van der Waals surface area contributed by atoms with E-state index in [4.69, 9.17) is 0 Å². The van der Waals surface area contributed by atoms with Gasteiger partial charge in [-0.2, -0.15) is 0 Å². The lowest BCUT2D eigenvalue weighted by molar-refractivity contribution is 0.201. The normalized spacial score (nSPS) is 34.8. The van der Waals surface area contributed by atoms with Crippen LogP contribution >= 0.6 is 0 Å². The molecule has 0 heterocycles. The van der Waals surface area contributed by atoms with Crippen molar-refractivity contribution in [1.82, 2.24) is 5.32 Å². The molecule has 0 saturated heterocycles. The van der Waals surface area contributed by atoms with E-state index in [0.29, 0.717) is 18.0 Å². The highest BCUT2D eigenvalue weighted by atomic mass is 19.1. The van der Waals surface area contributed by atoms with Gasteiger partial charge in [0.2, 0.25) is 0 Å². The third kappa shape index (κ3) is 3.00. The predicted octanol–water partition coefficient (Wildman–Crippen LogP) is 4.24. The number of halogens is 1.